The minimum Gasteiger partial charge on any atom is -0.453 e. The minimum atomic E-state index is 0.454. The highest BCUT2D eigenvalue weighted by molar-refractivity contribution is 9.10. The van der Waals surface area contributed by atoms with E-state index in [1.54, 1.807) is 24.7 Å². The van der Waals surface area contributed by atoms with Crippen LogP contribution < -0.4 is 10.5 Å². The van der Waals surface area contributed by atoms with E-state index in [0.29, 0.717) is 22.2 Å². The van der Waals surface area contributed by atoms with E-state index in [1.165, 1.54) is 0 Å². The lowest BCUT2D eigenvalue weighted by atomic mass is 10.2. The molecule has 0 fully saturated rings. The van der Waals surface area contributed by atoms with Crippen molar-refractivity contribution >= 4 is 44.1 Å². The SMILES string of the molecule is Nc1cnc2ccc(Br)cc2c1Oc1cncc(Cl)c1. The fourth-order valence-electron chi connectivity index (χ4n) is 1.84. The Balaban J connectivity index is 2.14. The molecule has 0 spiro atoms. The van der Waals surface area contributed by atoms with Crippen LogP contribution in [0.1, 0.15) is 0 Å². The number of fused-ring (bicyclic) bond motifs is 1. The van der Waals surface area contributed by atoms with E-state index in [0.717, 1.165) is 15.4 Å². The normalized spacial score (nSPS) is 10.7. The largest absolute Gasteiger partial charge is 0.453 e. The van der Waals surface area contributed by atoms with Gasteiger partial charge in [-0.15, -0.1) is 0 Å². The standard InChI is InChI=1S/C14H9BrClN3O/c15-8-1-2-13-11(3-8)14(12(17)7-19-13)20-10-4-9(16)5-18-6-10/h1-7H,17H2. The molecule has 0 saturated carbocycles. The van der Waals surface area contributed by atoms with Crippen molar-refractivity contribution in [2.75, 3.05) is 5.73 Å². The number of halogens is 2. The first-order valence-corrected chi connectivity index (χ1v) is 6.93. The summed E-state index contributed by atoms with van der Waals surface area (Å²) in [4.78, 5) is 8.26. The molecule has 20 heavy (non-hydrogen) atoms. The van der Waals surface area contributed by atoms with E-state index in [9.17, 15) is 0 Å². The van der Waals surface area contributed by atoms with Crippen molar-refractivity contribution in [2.45, 2.75) is 0 Å². The van der Waals surface area contributed by atoms with Gasteiger partial charge in [-0.2, -0.15) is 0 Å². The Morgan fingerprint density at radius 3 is 2.80 bits per heavy atom. The van der Waals surface area contributed by atoms with Gasteiger partial charge in [-0.1, -0.05) is 27.5 Å². The van der Waals surface area contributed by atoms with E-state index in [2.05, 4.69) is 25.9 Å². The number of benzene rings is 1. The molecule has 1 aromatic carbocycles. The van der Waals surface area contributed by atoms with Gasteiger partial charge in [0.1, 0.15) is 5.75 Å². The molecular formula is C14H9BrClN3O. The maximum absolute atomic E-state index is 5.97. The first-order valence-electron chi connectivity index (χ1n) is 5.75. The maximum Gasteiger partial charge on any atom is 0.161 e. The zero-order valence-electron chi connectivity index (χ0n) is 10.2. The first kappa shape index (κ1) is 13.1. The monoisotopic (exact) mass is 349 g/mol. The molecule has 0 aliphatic carbocycles. The lowest BCUT2D eigenvalue weighted by Gasteiger charge is -2.11. The zero-order valence-corrected chi connectivity index (χ0v) is 12.5. The first-order chi connectivity index (χ1) is 9.63. The number of nitrogens with two attached hydrogens (primary N) is 1. The quantitative estimate of drug-likeness (QED) is 0.743. The smallest absolute Gasteiger partial charge is 0.161 e. The Bertz CT molecular complexity index is 789. The fourth-order valence-corrected chi connectivity index (χ4v) is 2.36. The third-order valence-corrected chi connectivity index (χ3v) is 3.41. The van der Waals surface area contributed by atoms with E-state index in [4.69, 9.17) is 22.1 Å². The number of pyridine rings is 2. The summed E-state index contributed by atoms with van der Waals surface area (Å²) in [6.45, 7) is 0. The van der Waals surface area contributed by atoms with Crippen molar-refractivity contribution in [1.29, 1.82) is 0 Å². The molecule has 3 rings (SSSR count). The predicted molar refractivity (Wildman–Crippen MR) is 83.2 cm³/mol. The summed E-state index contributed by atoms with van der Waals surface area (Å²) >= 11 is 9.33. The molecule has 0 atom stereocenters. The number of nitrogen functional groups attached to an aromatic ring is 1. The lowest BCUT2D eigenvalue weighted by Crippen LogP contribution is -1.95. The molecule has 2 heterocycles. The van der Waals surface area contributed by atoms with E-state index in [-0.39, 0.29) is 0 Å². The lowest BCUT2D eigenvalue weighted by molar-refractivity contribution is 0.488. The molecule has 0 unspecified atom stereocenters. The van der Waals surface area contributed by atoms with Crippen molar-refractivity contribution in [3.05, 3.63) is 52.4 Å². The van der Waals surface area contributed by atoms with E-state index >= 15 is 0 Å². The predicted octanol–water partition coefficient (Wildman–Crippen LogP) is 4.42. The highest BCUT2D eigenvalue weighted by Gasteiger charge is 2.10. The molecular weight excluding hydrogens is 342 g/mol. The number of aromatic nitrogens is 2. The van der Waals surface area contributed by atoms with Crippen LogP contribution in [0.2, 0.25) is 5.02 Å². The Morgan fingerprint density at radius 2 is 2.00 bits per heavy atom. The van der Waals surface area contributed by atoms with Gasteiger partial charge in [-0.3, -0.25) is 9.97 Å². The molecule has 0 amide bonds. The second kappa shape index (κ2) is 5.26. The molecule has 6 heteroatoms. The number of hydrogen-bond acceptors (Lipinski definition) is 4. The number of rotatable bonds is 2. The fraction of sp³-hybridized carbons (Fsp3) is 0. The number of hydrogen-bond donors (Lipinski definition) is 1. The van der Waals surface area contributed by atoms with Crippen LogP contribution in [0.4, 0.5) is 5.69 Å². The van der Waals surface area contributed by atoms with Gasteiger partial charge >= 0.3 is 0 Å². The molecule has 2 N–H and O–H groups in total. The molecule has 0 radical (unpaired) electrons. The van der Waals surface area contributed by atoms with Crippen LogP contribution in [0.5, 0.6) is 11.5 Å². The van der Waals surface area contributed by atoms with Gasteiger partial charge in [0.2, 0.25) is 0 Å². The molecule has 0 aliphatic rings. The third-order valence-electron chi connectivity index (χ3n) is 2.71. The summed E-state index contributed by atoms with van der Waals surface area (Å²) in [5.41, 5.74) is 7.22. The van der Waals surface area contributed by atoms with Crippen molar-refractivity contribution in [2.24, 2.45) is 0 Å². The van der Waals surface area contributed by atoms with Crippen molar-refractivity contribution < 1.29 is 4.74 Å². The Hall–Kier alpha value is -1.85. The van der Waals surface area contributed by atoms with Gasteiger partial charge in [0.15, 0.2) is 5.75 Å². The zero-order chi connectivity index (χ0) is 14.1. The molecule has 100 valence electrons. The molecule has 0 bridgehead atoms. The van der Waals surface area contributed by atoms with Crippen LogP contribution in [0.25, 0.3) is 10.9 Å². The summed E-state index contributed by atoms with van der Waals surface area (Å²) in [6, 6.07) is 7.39. The van der Waals surface area contributed by atoms with Crippen LogP contribution in [0.15, 0.2) is 47.3 Å². The van der Waals surface area contributed by atoms with Gasteiger partial charge in [-0.05, 0) is 18.2 Å². The highest BCUT2D eigenvalue weighted by Crippen LogP contribution is 2.35. The third kappa shape index (κ3) is 2.55. The Morgan fingerprint density at radius 1 is 1.15 bits per heavy atom. The summed E-state index contributed by atoms with van der Waals surface area (Å²) < 4.78 is 6.75. The van der Waals surface area contributed by atoms with Gasteiger partial charge in [-0.25, -0.2) is 0 Å². The van der Waals surface area contributed by atoms with Gasteiger partial charge in [0, 0.05) is 22.1 Å². The Kier molecular flexibility index (Phi) is 3.46. The second-order valence-corrected chi connectivity index (χ2v) is 5.50. The molecule has 4 nitrogen and oxygen atoms in total. The number of nitrogens with zero attached hydrogens (tertiary/aromatic N) is 2. The minimum absolute atomic E-state index is 0.454. The van der Waals surface area contributed by atoms with Crippen LogP contribution >= 0.6 is 27.5 Å². The van der Waals surface area contributed by atoms with Crippen molar-refractivity contribution in [1.82, 2.24) is 9.97 Å². The summed E-state index contributed by atoms with van der Waals surface area (Å²) in [5, 5.41) is 1.32. The average Bonchev–Trinajstić information content (AvgIpc) is 2.42. The molecule has 0 saturated heterocycles. The number of ether oxygens (including phenoxy) is 1. The van der Waals surface area contributed by atoms with Crippen LogP contribution in [-0.2, 0) is 0 Å². The average molecular weight is 351 g/mol. The highest BCUT2D eigenvalue weighted by atomic mass is 79.9. The van der Waals surface area contributed by atoms with Crippen LogP contribution in [0.3, 0.4) is 0 Å². The van der Waals surface area contributed by atoms with Gasteiger partial charge in [0.05, 0.1) is 28.6 Å². The molecule has 0 aliphatic heterocycles. The van der Waals surface area contributed by atoms with Gasteiger partial charge < -0.3 is 10.5 Å². The summed E-state index contributed by atoms with van der Waals surface area (Å²) in [7, 11) is 0. The molecule has 2 aromatic heterocycles. The second-order valence-electron chi connectivity index (χ2n) is 4.15. The Labute approximate surface area is 128 Å². The van der Waals surface area contributed by atoms with E-state index in [1.807, 2.05) is 18.2 Å². The van der Waals surface area contributed by atoms with E-state index < -0.39 is 0 Å². The van der Waals surface area contributed by atoms with Crippen LogP contribution in [0, 0.1) is 0 Å². The molecule has 3 aromatic rings. The van der Waals surface area contributed by atoms with Gasteiger partial charge in [0.25, 0.3) is 0 Å². The maximum atomic E-state index is 5.97. The van der Waals surface area contributed by atoms with Crippen molar-refractivity contribution in [3.8, 4) is 11.5 Å². The summed E-state index contributed by atoms with van der Waals surface area (Å²) in [6.07, 6.45) is 4.69. The van der Waals surface area contributed by atoms with Crippen LogP contribution in [-0.4, -0.2) is 9.97 Å². The van der Waals surface area contributed by atoms with Crippen molar-refractivity contribution in [3.63, 3.8) is 0 Å². The topological polar surface area (TPSA) is 61.0 Å². The number of anilines is 1. The summed E-state index contributed by atoms with van der Waals surface area (Å²) in [5.74, 6) is 1.07.